The smallest absolute Gasteiger partial charge is 0.274 e. The Morgan fingerprint density at radius 1 is 0.963 bits per heavy atom. The number of amides is 1. The number of aryl methyl sites for hydroxylation is 2. The lowest BCUT2D eigenvalue weighted by molar-refractivity contribution is 0.102. The Hall–Kier alpha value is -3.21. The van der Waals surface area contributed by atoms with E-state index in [9.17, 15) is 4.79 Å². The van der Waals surface area contributed by atoms with Crippen molar-refractivity contribution < 1.29 is 4.79 Å². The average Bonchev–Trinajstić information content (AvgIpc) is 2.61. The van der Waals surface area contributed by atoms with E-state index in [0.717, 1.165) is 22.6 Å². The highest BCUT2D eigenvalue weighted by molar-refractivity contribution is 6.03. The number of nitrogens with zero attached hydrogens (tertiary/aromatic N) is 2. The van der Waals surface area contributed by atoms with Gasteiger partial charge in [-0.15, -0.1) is 0 Å². The van der Waals surface area contributed by atoms with Crippen molar-refractivity contribution in [2.75, 3.05) is 10.6 Å². The van der Waals surface area contributed by atoms with E-state index in [2.05, 4.69) is 40.5 Å². The number of carbonyl (C=O) groups is 1. The molecule has 138 valence electrons. The molecule has 0 radical (unpaired) electrons. The summed E-state index contributed by atoms with van der Waals surface area (Å²) in [7, 11) is 0. The van der Waals surface area contributed by atoms with E-state index < -0.39 is 0 Å². The number of para-hydroxylation sites is 1. The van der Waals surface area contributed by atoms with Gasteiger partial charge in [0.05, 0.1) is 0 Å². The topological polar surface area (TPSA) is 66.9 Å². The maximum atomic E-state index is 12.6. The molecule has 0 atom stereocenters. The summed E-state index contributed by atoms with van der Waals surface area (Å²) < 4.78 is 0. The number of benzene rings is 2. The molecule has 27 heavy (non-hydrogen) atoms. The molecule has 0 bridgehead atoms. The van der Waals surface area contributed by atoms with Crippen molar-refractivity contribution in [1.82, 2.24) is 9.97 Å². The molecule has 2 N–H and O–H groups in total. The first-order chi connectivity index (χ1) is 12.9. The third-order valence-corrected chi connectivity index (χ3v) is 4.19. The van der Waals surface area contributed by atoms with Crippen LogP contribution in [0.5, 0.6) is 0 Å². The predicted molar refractivity (Wildman–Crippen MR) is 110 cm³/mol. The minimum Gasteiger partial charge on any atom is -0.324 e. The summed E-state index contributed by atoms with van der Waals surface area (Å²) in [6.07, 6.45) is 0. The van der Waals surface area contributed by atoms with Crippen LogP contribution in [0.3, 0.4) is 0 Å². The molecule has 1 aromatic heterocycles. The molecule has 0 unspecified atom stereocenters. The number of rotatable bonds is 5. The van der Waals surface area contributed by atoms with E-state index in [0.29, 0.717) is 17.6 Å². The highest BCUT2D eigenvalue weighted by atomic mass is 16.1. The van der Waals surface area contributed by atoms with Crippen molar-refractivity contribution >= 4 is 23.2 Å². The van der Waals surface area contributed by atoms with Gasteiger partial charge in [-0.05, 0) is 55.2 Å². The Morgan fingerprint density at radius 2 is 1.74 bits per heavy atom. The van der Waals surface area contributed by atoms with Crippen LogP contribution in [0.1, 0.15) is 47.1 Å². The van der Waals surface area contributed by atoms with Crippen LogP contribution in [-0.4, -0.2) is 15.9 Å². The second-order valence-electron chi connectivity index (χ2n) is 6.91. The Labute approximate surface area is 159 Å². The second kappa shape index (κ2) is 7.99. The van der Waals surface area contributed by atoms with Gasteiger partial charge in [0.15, 0.2) is 0 Å². The number of hydrogen-bond donors (Lipinski definition) is 2. The summed E-state index contributed by atoms with van der Waals surface area (Å²) in [5, 5.41) is 6.15. The van der Waals surface area contributed by atoms with E-state index in [1.54, 1.807) is 6.07 Å². The molecule has 0 aliphatic carbocycles. The first-order valence-corrected chi connectivity index (χ1v) is 9.02. The zero-order chi connectivity index (χ0) is 19.4. The molecule has 1 amide bonds. The van der Waals surface area contributed by atoms with E-state index in [1.807, 2.05) is 56.3 Å². The monoisotopic (exact) mass is 360 g/mol. The highest BCUT2D eigenvalue weighted by Gasteiger charge is 2.13. The van der Waals surface area contributed by atoms with Crippen LogP contribution >= 0.6 is 0 Å². The molecule has 1 heterocycles. The normalized spacial score (nSPS) is 10.7. The summed E-state index contributed by atoms with van der Waals surface area (Å²) in [5.41, 5.74) is 5.00. The quantitative estimate of drug-likeness (QED) is 0.655. The van der Waals surface area contributed by atoms with Crippen LogP contribution in [-0.2, 0) is 0 Å². The maximum absolute atomic E-state index is 12.6. The number of nitrogens with one attached hydrogen (secondary N) is 2. The zero-order valence-corrected chi connectivity index (χ0v) is 16.1. The predicted octanol–water partition coefficient (Wildman–Crippen LogP) is 5.21. The zero-order valence-electron chi connectivity index (χ0n) is 16.1. The molecule has 2 aromatic carbocycles. The summed E-state index contributed by atoms with van der Waals surface area (Å²) in [4.78, 5) is 21.5. The van der Waals surface area contributed by atoms with Crippen molar-refractivity contribution in [3.05, 3.63) is 77.1 Å². The Balaban J connectivity index is 1.85. The minimum atomic E-state index is -0.258. The van der Waals surface area contributed by atoms with E-state index in [4.69, 9.17) is 0 Å². The molecule has 5 heteroatoms. The Bertz CT molecular complexity index is 966. The van der Waals surface area contributed by atoms with E-state index in [1.165, 1.54) is 5.56 Å². The van der Waals surface area contributed by atoms with Gasteiger partial charge < -0.3 is 10.6 Å². The van der Waals surface area contributed by atoms with Gasteiger partial charge in [0.1, 0.15) is 5.69 Å². The molecule has 5 nitrogen and oxygen atoms in total. The molecule has 0 spiro atoms. The molecule has 0 aliphatic heterocycles. The first-order valence-electron chi connectivity index (χ1n) is 9.02. The van der Waals surface area contributed by atoms with E-state index >= 15 is 0 Å². The minimum absolute atomic E-state index is 0.258. The molecule has 0 aliphatic rings. The van der Waals surface area contributed by atoms with Gasteiger partial charge in [-0.2, -0.15) is 0 Å². The van der Waals surface area contributed by atoms with Gasteiger partial charge in [0.2, 0.25) is 5.95 Å². The van der Waals surface area contributed by atoms with Crippen molar-refractivity contribution in [1.29, 1.82) is 0 Å². The fourth-order valence-corrected chi connectivity index (χ4v) is 2.89. The van der Waals surface area contributed by atoms with Gasteiger partial charge in [0.25, 0.3) is 5.91 Å². The van der Waals surface area contributed by atoms with Gasteiger partial charge >= 0.3 is 0 Å². The van der Waals surface area contributed by atoms with Crippen LogP contribution in [0.4, 0.5) is 17.3 Å². The third-order valence-electron chi connectivity index (χ3n) is 4.19. The van der Waals surface area contributed by atoms with Crippen molar-refractivity contribution in [2.45, 2.75) is 33.6 Å². The lowest BCUT2D eigenvalue weighted by Crippen LogP contribution is -2.15. The molecule has 0 saturated heterocycles. The van der Waals surface area contributed by atoms with Crippen LogP contribution in [0.2, 0.25) is 0 Å². The molecular formula is C22H24N4O. The summed E-state index contributed by atoms with van der Waals surface area (Å²) in [6.45, 7) is 8.11. The third kappa shape index (κ3) is 4.70. The van der Waals surface area contributed by atoms with Gasteiger partial charge in [-0.25, -0.2) is 9.97 Å². The molecular weight excluding hydrogens is 336 g/mol. The molecule has 0 saturated carbocycles. The number of anilines is 3. The van der Waals surface area contributed by atoms with Gasteiger partial charge in [0, 0.05) is 17.1 Å². The highest BCUT2D eigenvalue weighted by Crippen LogP contribution is 2.26. The summed E-state index contributed by atoms with van der Waals surface area (Å²) >= 11 is 0. The molecule has 3 aromatic rings. The van der Waals surface area contributed by atoms with Crippen molar-refractivity contribution in [2.24, 2.45) is 0 Å². The van der Waals surface area contributed by atoms with Crippen LogP contribution in [0.15, 0.2) is 54.6 Å². The number of carbonyl (C=O) groups excluding carboxylic acids is 1. The van der Waals surface area contributed by atoms with Crippen LogP contribution in [0, 0.1) is 13.8 Å². The Morgan fingerprint density at radius 3 is 2.48 bits per heavy atom. The lowest BCUT2D eigenvalue weighted by atomic mass is 10.0. The Kier molecular flexibility index (Phi) is 5.50. The second-order valence-corrected chi connectivity index (χ2v) is 6.91. The summed E-state index contributed by atoms with van der Waals surface area (Å²) in [5.74, 6) is 0.520. The SMILES string of the molecule is Cc1cccc(NC(=O)c2cc(C)nc(Nc3ccccc3C(C)C)n2)c1. The number of hydrogen-bond acceptors (Lipinski definition) is 4. The lowest BCUT2D eigenvalue weighted by Gasteiger charge is -2.14. The van der Waals surface area contributed by atoms with E-state index in [-0.39, 0.29) is 5.91 Å². The molecule has 0 fully saturated rings. The summed E-state index contributed by atoms with van der Waals surface area (Å²) in [6, 6.07) is 17.4. The van der Waals surface area contributed by atoms with Gasteiger partial charge in [-0.3, -0.25) is 4.79 Å². The van der Waals surface area contributed by atoms with Crippen LogP contribution < -0.4 is 10.6 Å². The number of aromatic nitrogens is 2. The fourth-order valence-electron chi connectivity index (χ4n) is 2.89. The average molecular weight is 360 g/mol. The van der Waals surface area contributed by atoms with Crippen molar-refractivity contribution in [3.63, 3.8) is 0 Å². The maximum Gasteiger partial charge on any atom is 0.274 e. The largest absolute Gasteiger partial charge is 0.324 e. The van der Waals surface area contributed by atoms with Crippen molar-refractivity contribution in [3.8, 4) is 0 Å². The standard InChI is InChI=1S/C22H24N4O/c1-14(2)18-10-5-6-11-19(18)25-22-23-16(4)13-20(26-22)21(27)24-17-9-7-8-15(3)12-17/h5-14H,1-4H3,(H,24,27)(H,23,25,26). The first kappa shape index (κ1) is 18.6. The molecule has 3 rings (SSSR count). The van der Waals surface area contributed by atoms with Crippen LogP contribution in [0.25, 0.3) is 0 Å². The fraction of sp³-hybridized carbons (Fsp3) is 0.227. The van der Waals surface area contributed by atoms with Gasteiger partial charge in [-0.1, -0.05) is 44.2 Å².